The van der Waals surface area contributed by atoms with Crippen molar-refractivity contribution in [3.05, 3.63) is 64.2 Å². The van der Waals surface area contributed by atoms with E-state index in [1.165, 1.54) is 5.56 Å². The number of carbonyl (C=O) groups excluding carboxylic acids is 1. The third-order valence-corrected chi connectivity index (χ3v) is 4.08. The predicted molar refractivity (Wildman–Crippen MR) is 85.7 cm³/mol. The molecule has 1 heterocycles. The van der Waals surface area contributed by atoms with Gasteiger partial charge in [0.2, 0.25) is 5.91 Å². The van der Waals surface area contributed by atoms with Crippen molar-refractivity contribution in [2.24, 2.45) is 0 Å². The second-order valence-electron chi connectivity index (χ2n) is 5.31. The van der Waals surface area contributed by atoms with E-state index in [1.54, 1.807) is 6.07 Å². The summed E-state index contributed by atoms with van der Waals surface area (Å²) in [6, 6.07) is 13.3. The van der Waals surface area contributed by atoms with Crippen LogP contribution in [0.5, 0.6) is 0 Å². The number of fused-ring (bicyclic) bond motifs is 1. The summed E-state index contributed by atoms with van der Waals surface area (Å²) in [5, 5.41) is 6.76. The molecule has 1 unspecified atom stereocenters. The second-order valence-corrected chi connectivity index (χ2v) is 5.72. The number of aryl methyl sites for hydroxylation is 1. The standard InChI is InChI=1S/C17H17ClN2O/c1-11-6-7-14(18)15(10-11)20-17(21)16-13-5-3-2-4-12(13)8-9-19-16/h2-7,10,16,19H,8-9H2,1H3,(H,20,21). The van der Waals surface area contributed by atoms with Gasteiger partial charge in [0.05, 0.1) is 10.7 Å². The number of rotatable bonds is 2. The molecule has 21 heavy (non-hydrogen) atoms. The van der Waals surface area contributed by atoms with Crippen LogP contribution >= 0.6 is 11.6 Å². The highest BCUT2D eigenvalue weighted by atomic mass is 35.5. The van der Waals surface area contributed by atoms with Gasteiger partial charge < -0.3 is 10.6 Å². The Morgan fingerprint density at radius 3 is 2.95 bits per heavy atom. The first-order valence-corrected chi connectivity index (χ1v) is 7.41. The Morgan fingerprint density at radius 1 is 1.29 bits per heavy atom. The van der Waals surface area contributed by atoms with Gasteiger partial charge in [0.25, 0.3) is 0 Å². The van der Waals surface area contributed by atoms with Crippen LogP contribution in [0.2, 0.25) is 5.02 Å². The number of anilines is 1. The molecule has 0 bridgehead atoms. The van der Waals surface area contributed by atoms with Crippen LogP contribution in [0, 0.1) is 6.92 Å². The summed E-state index contributed by atoms with van der Waals surface area (Å²) in [6.45, 7) is 2.77. The van der Waals surface area contributed by atoms with Gasteiger partial charge >= 0.3 is 0 Å². The molecule has 2 aromatic carbocycles. The molecule has 1 atom stereocenters. The van der Waals surface area contributed by atoms with Crippen LogP contribution in [-0.2, 0) is 11.2 Å². The van der Waals surface area contributed by atoms with Crippen LogP contribution in [0.1, 0.15) is 22.7 Å². The van der Waals surface area contributed by atoms with Crippen molar-refractivity contribution in [2.75, 3.05) is 11.9 Å². The molecule has 3 rings (SSSR count). The molecule has 1 amide bonds. The summed E-state index contributed by atoms with van der Waals surface area (Å²) in [6.07, 6.45) is 0.950. The Balaban J connectivity index is 1.85. The van der Waals surface area contributed by atoms with Crippen LogP contribution in [0.4, 0.5) is 5.69 Å². The maximum absolute atomic E-state index is 12.6. The van der Waals surface area contributed by atoms with E-state index in [2.05, 4.69) is 16.7 Å². The zero-order valence-corrected chi connectivity index (χ0v) is 12.6. The molecule has 0 aromatic heterocycles. The number of hydrogen-bond donors (Lipinski definition) is 2. The minimum absolute atomic E-state index is 0.0744. The smallest absolute Gasteiger partial charge is 0.246 e. The molecular weight excluding hydrogens is 284 g/mol. The van der Waals surface area contributed by atoms with Gasteiger partial charge in [0.1, 0.15) is 6.04 Å². The van der Waals surface area contributed by atoms with Gasteiger partial charge in [-0.25, -0.2) is 0 Å². The van der Waals surface area contributed by atoms with E-state index >= 15 is 0 Å². The molecule has 1 aliphatic heterocycles. The summed E-state index contributed by atoms with van der Waals surface area (Å²) >= 11 is 6.14. The van der Waals surface area contributed by atoms with Crippen molar-refractivity contribution in [3.63, 3.8) is 0 Å². The summed E-state index contributed by atoms with van der Waals surface area (Å²) < 4.78 is 0. The fourth-order valence-electron chi connectivity index (χ4n) is 2.68. The van der Waals surface area contributed by atoms with E-state index < -0.39 is 0 Å². The Bertz CT molecular complexity index is 684. The Kier molecular flexibility index (Phi) is 3.95. The monoisotopic (exact) mass is 300 g/mol. The van der Waals surface area contributed by atoms with Gasteiger partial charge in [0.15, 0.2) is 0 Å². The largest absolute Gasteiger partial charge is 0.323 e. The van der Waals surface area contributed by atoms with Gasteiger partial charge in [-0.15, -0.1) is 0 Å². The van der Waals surface area contributed by atoms with Crippen molar-refractivity contribution in [1.29, 1.82) is 0 Å². The average molecular weight is 301 g/mol. The van der Waals surface area contributed by atoms with Crippen LogP contribution in [0.15, 0.2) is 42.5 Å². The van der Waals surface area contributed by atoms with E-state index in [9.17, 15) is 4.79 Å². The Morgan fingerprint density at radius 2 is 2.10 bits per heavy atom. The maximum atomic E-state index is 12.6. The van der Waals surface area contributed by atoms with Crippen molar-refractivity contribution < 1.29 is 4.79 Å². The lowest BCUT2D eigenvalue weighted by Crippen LogP contribution is -2.38. The maximum Gasteiger partial charge on any atom is 0.246 e. The minimum atomic E-state index is -0.327. The molecule has 0 spiro atoms. The number of benzene rings is 2. The lowest BCUT2D eigenvalue weighted by Gasteiger charge is -2.26. The van der Waals surface area contributed by atoms with Gasteiger partial charge in [-0.1, -0.05) is 41.9 Å². The zero-order valence-electron chi connectivity index (χ0n) is 11.8. The summed E-state index contributed by atoms with van der Waals surface area (Å²) in [5.41, 5.74) is 4.00. The average Bonchev–Trinajstić information content (AvgIpc) is 2.50. The molecule has 3 nitrogen and oxygen atoms in total. The van der Waals surface area contributed by atoms with E-state index in [-0.39, 0.29) is 11.9 Å². The molecule has 4 heteroatoms. The van der Waals surface area contributed by atoms with E-state index in [4.69, 9.17) is 11.6 Å². The Hall–Kier alpha value is -1.84. The third kappa shape index (κ3) is 2.94. The molecule has 0 aliphatic carbocycles. The summed E-state index contributed by atoms with van der Waals surface area (Å²) in [7, 11) is 0. The highest BCUT2D eigenvalue weighted by Gasteiger charge is 2.26. The third-order valence-electron chi connectivity index (χ3n) is 3.75. The van der Waals surface area contributed by atoms with Gasteiger partial charge in [-0.2, -0.15) is 0 Å². The lowest BCUT2D eigenvalue weighted by atomic mass is 9.94. The Labute approximate surface area is 129 Å². The van der Waals surface area contributed by atoms with Crippen LogP contribution in [-0.4, -0.2) is 12.5 Å². The normalized spacial score (nSPS) is 17.1. The SMILES string of the molecule is Cc1ccc(Cl)c(NC(=O)C2NCCc3ccccc32)c1. The number of halogens is 1. The quantitative estimate of drug-likeness (QED) is 0.891. The van der Waals surface area contributed by atoms with Gasteiger partial charge in [-0.3, -0.25) is 4.79 Å². The van der Waals surface area contributed by atoms with Crippen molar-refractivity contribution in [3.8, 4) is 0 Å². The summed E-state index contributed by atoms with van der Waals surface area (Å²) in [4.78, 5) is 12.6. The van der Waals surface area contributed by atoms with Crippen LogP contribution in [0.25, 0.3) is 0 Å². The molecule has 0 radical (unpaired) electrons. The highest BCUT2D eigenvalue weighted by molar-refractivity contribution is 6.33. The van der Waals surface area contributed by atoms with Crippen molar-refractivity contribution >= 4 is 23.2 Å². The topological polar surface area (TPSA) is 41.1 Å². The van der Waals surface area contributed by atoms with E-state index in [0.29, 0.717) is 10.7 Å². The van der Waals surface area contributed by atoms with E-state index in [0.717, 1.165) is 24.1 Å². The first-order chi connectivity index (χ1) is 10.1. The first-order valence-electron chi connectivity index (χ1n) is 7.03. The molecule has 108 valence electrons. The molecule has 0 saturated carbocycles. The van der Waals surface area contributed by atoms with Crippen LogP contribution < -0.4 is 10.6 Å². The molecule has 2 aromatic rings. The van der Waals surface area contributed by atoms with Gasteiger partial charge in [-0.05, 0) is 42.2 Å². The number of amides is 1. The summed E-state index contributed by atoms with van der Waals surface area (Å²) in [5.74, 6) is -0.0744. The highest BCUT2D eigenvalue weighted by Crippen LogP contribution is 2.27. The fraction of sp³-hybridized carbons (Fsp3) is 0.235. The molecule has 0 fully saturated rings. The van der Waals surface area contributed by atoms with E-state index in [1.807, 2.05) is 37.3 Å². The fourth-order valence-corrected chi connectivity index (χ4v) is 2.84. The van der Waals surface area contributed by atoms with Crippen LogP contribution in [0.3, 0.4) is 0 Å². The molecule has 0 saturated heterocycles. The molecular formula is C17H17ClN2O. The predicted octanol–water partition coefficient (Wildman–Crippen LogP) is 3.47. The van der Waals surface area contributed by atoms with Crippen molar-refractivity contribution in [2.45, 2.75) is 19.4 Å². The minimum Gasteiger partial charge on any atom is -0.323 e. The first kappa shape index (κ1) is 14.1. The second kappa shape index (κ2) is 5.88. The molecule has 2 N–H and O–H groups in total. The lowest BCUT2D eigenvalue weighted by molar-refractivity contribution is -0.118. The van der Waals surface area contributed by atoms with Gasteiger partial charge in [0, 0.05) is 6.54 Å². The molecule has 1 aliphatic rings. The van der Waals surface area contributed by atoms with Crippen molar-refractivity contribution in [1.82, 2.24) is 5.32 Å². The number of carbonyl (C=O) groups is 1. The number of hydrogen-bond acceptors (Lipinski definition) is 2. The number of nitrogens with one attached hydrogen (secondary N) is 2. The zero-order chi connectivity index (χ0) is 14.8.